The quantitative estimate of drug-likeness (QED) is 0.786. The summed E-state index contributed by atoms with van der Waals surface area (Å²) in [4.78, 5) is 14.1. The Morgan fingerprint density at radius 2 is 1.75 bits per heavy atom. The van der Waals surface area contributed by atoms with E-state index in [0.717, 1.165) is 24.2 Å². The fraction of sp³-hybridized carbons (Fsp3) is 0.632. The van der Waals surface area contributed by atoms with Gasteiger partial charge in [-0.3, -0.25) is 4.79 Å². The molecule has 0 bridgehead atoms. The summed E-state index contributed by atoms with van der Waals surface area (Å²) < 4.78 is 32.0. The lowest BCUT2D eigenvalue weighted by molar-refractivity contribution is -0.136. The number of methoxy groups -OCH3 is 1. The van der Waals surface area contributed by atoms with Crippen molar-refractivity contribution in [3.05, 3.63) is 28.8 Å². The number of piperidine rings is 1. The molecule has 3 rings (SSSR count). The lowest BCUT2D eigenvalue weighted by Gasteiger charge is -2.32. The molecule has 0 atom stereocenters. The zero-order valence-corrected chi connectivity index (χ0v) is 14.2. The summed E-state index contributed by atoms with van der Waals surface area (Å²) in [7, 11) is 1.62. The van der Waals surface area contributed by atoms with Gasteiger partial charge >= 0.3 is 0 Å². The maximum atomic E-state index is 13.3. The van der Waals surface area contributed by atoms with Crippen LogP contribution in [0.15, 0.2) is 12.1 Å². The second kappa shape index (κ2) is 7.08. The Hall–Kier alpha value is -1.65. The predicted molar refractivity (Wildman–Crippen MR) is 88.7 cm³/mol. The molecule has 1 heterocycles. The molecule has 3 nitrogen and oxygen atoms in total. The summed E-state index contributed by atoms with van der Waals surface area (Å²) in [5.74, 6) is -1.97. The highest BCUT2D eigenvalue weighted by Gasteiger charge is 2.35. The molecule has 1 saturated heterocycles. The van der Waals surface area contributed by atoms with Crippen LogP contribution in [0.3, 0.4) is 0 Å². The van der Waals surface area contributed by atoms with Gasteiger partial charge in [-0.25, -0.2) is 8.78 Å². The minimum absolute atomic E-state index is 0.0858. The Balaban J connectivity index is 1.74. The van der Waals surface area contributed by atoms with Crippen molar-refractivity contribution in [2.45, 2.75) is 57.3 Å². The molecule has 0 radical (unpaired) electrons. The molecule has 132 valence electrons. The van der Waals surface area contributed by atoms with Crippen molar-refractivity contribution in [2.24, 2.45) is 0 Å². The van der Waals surface area contributed by atoms with E-state index in [1.807, 2.05) is 0 Å². The first-order valence-electron chi connectivity index (χ1n) is 8.83. The molecule has 1 aromatic rings. The lowest BCUT2D eigenvalue weighted by atomic mass is 9.97. The molecule has 0 N–H and O–H groups in total. The SMILES string of the molecule is COc1cc2c(cc1CC(=O)N1CCC(F)(F)CC1)CCCCC2. The Bertz CT molecular complexity index is 606. The number of alkyl halides is 2. The molecular weight excluding hydrogens is 312 g/mol. The summed E-state index contributed by atoms with van der Waals surface area (Å²) in [6.45, 7) is 0.276. The molecule has 1 amide bonds. The van der Waals surface area contributed by atoms with Gasteiger partial charge in [-0.1, -0.05) is 12.5 Å². The van der Waals surface area contributed by atoms with Crippen LogP contribution in [-0.4, -0.2) is 36.9 Å². The van der Waals surface area contributed by atoms with Crippen LogP contribution in [0.4, 0.5) is 8.78 Å². The Labute approximate surface area is 142 Å². The third-order valence-electron chi connectivity index (χ3n) is 5.18. The van der Waals surface area contributed by atoms with E-state index < -0.39 is 5.92 Å². The van der Waals surface area contributed by atoms with Gasteiger partial charge in [0.1, 0.15) is 5.75 Å². The van der Waals surface area contributed by atoms with Gasteiger partial charge in [0.05, 0.1) is 13.5 Å². The van der Waals surface area contributed by atoms with E-state index in [0.29, 0.717) is 0 Å². The molecule has 24 heavy (non-hydrogen) atoms. The van der Waals surface area contributed by atoms with Crippen LogP contribution in [0, 0.1) is 0 Å². The third-order valence-corrected chi connectivity index (χ3v) is 5.18. The maximum Gasteiger partial charge on any atom is 0.251 e. The number of nitrogens with zero attached hydrogens (tertiary/aromatic N) is 1. The number of carbonyl (C=O) groups is 1. The standard InChI is InChI=1S/C19H25F2NO2/c1-24-17-12-15-6-4-2-3-5-14(15)11-16(17)13-18(23)22-9-7-19(20,21)8-10-22/h11-12H,2-10,13H2,1H3. The third kappa shape index (κ3) is 3.87. The Kier molecular flexibility index (Phi) is 5.07. The van der Waals surface area contributed by atoms with E-state index in [9.17, 15) is 13.6 Å². The summed E-state index contributed by atoms with van der Waals surface area (Å²) in [6.07, 6.45) is 5.44. The largest absolute Gasteiger partial charge is 0.496 e. The van der Waals surface area contributed by atoms with Crippen molar-refractivity contribution in [3.63, 3.8) is 0 Å². The number of carbonyl (C=O) groups excluding carboxylic acids is 1. The van der Waals surface area contributed by atoms with Crippen molar-refractivity contribution < 1.29 is 18.3 Å². The molecule has 1 aliphatic heterocycles. The second-order valence-corrected chi connectivity index (χ2v) is 6.91. The van der Waals surface area contributed by atoms with Gasteiger partial charge in [0.25, 0.3) is 5.92 Å². The number of ether oxygens (including phenoxy) is 1. The minimum atomic E-state index is -2.63. The van der Waals surface area contributed by atoms with Gasteiger partial charge in [0.15, 0.2) is 0 Å². The molecule has 0 aromatic heterocycles. The van der Waals surface area contributed by atoms with Crippen LogP contribution in [0.2, 0.25) is 0 Å². The number of aryl methyl sites for hydroxylation is 2. The molecular formula is C19H25F2NO2. The van der Waals surface area contributed by atoms with Crippen molar-refractivity contribution >= 4 is 5.91 Å². The van der Waals surface area contributed by atoms with Crippen molar-refractivity contribution in [3.8, 4) is 5.75 Å². The van der Waals surface area contributed by atoms with Gasteiger partial charge in [-0.15, -0.1) is 0 Å². The van der Waals surface area contributed by atoms with Gasteiger partial charge in [0, 0.05) is 31.5 Å². The average molecular weight is 337 g/mol. The molecule has 0 saturated carbocycles. The zero-order valence-electron chi connectivity index (χ0n) is 14.2. The highest BCUT2D eigenvalue weighted by molar-refractivity contribution is 5.79. The summed E-state index contributed by atoms with van der Waals surface area (Å²) in [5, 5.41) is 0. The second-order valence-electron chi connectivity index (χ2n) is 6.91. The summed E-state index contributed by atoms with van der Waals surface area (Å²) >= 11 is 0. The molecule has 2 aliphatic rings. The Morgan fingerprint density at radius 3 is 2.38 bits per heavy atom. The monoisotopic (exact) mass is 337 g/mol. The van der Waals surface area contributed by atoms with Crippen LogP contribution >= 0.6 is 0 Å². The van der Waals surface area contributed by atoms with Crippen LogP contribution in [0.25, 0.3) is 0 Å². The number of benzene rings is 1. The molecule has 5 heteroatoms. The fourth-order valence-electron chi connectivity index (χ4n) is 3.68. The van der Waals surface area contributed by atoms with Crippen LogP contribution in [0.5, 0.6) is 5.75 Å². The normalized spacial score (nSPS) is 20.2. The van der Waals surface area contributed by atoms with E-state index in [1.54, 1.807) is 12.0 Å². The fourth-order valence-corrected chi connectivity index (χ4v) is 3.68. The predicted octanol–water partition coefficient (Wildman–Crippen LogP) is 3.76. The molecule has 1 aromatic carbocycles. The van der Waals surface area contributed by atoms with E-state index in [2.05, 4.69) is 12.1 Å². The highest BCUT2D eigenvalue weighted by Crippen LogP contribution is 2.31. The number of fused-ring (bicyclic) bond motifs is 1. The van der Waals surface area contributed by atoms with Crippen molar-refractivity contribution in [1.29, 1.82) is 0 Å². The lowest BCUT2D eigenvalue weighted by Crippen LogP contribution is -2.43. The number of hydrogen-bond donors (Lipinski definition) is 0. The summed E-state index contributed by atoms with van der Waals surface area (Å²) in [6, 6.07) is 4.16. The molecule has 1 aliphatic carbocycles. The van der Waals surface area contributed by atoms with Crippen molar-refractivity contribution in [2.75, 3.05) is 20.2 Å². The van der Waals surface area contributed by atoms with Crippen molar-refractivity contribution in [1.82, 2.24) is 4.90 Å². The maximum absolute atomic E-state index is 13.3. The average Bonchev–Trinajstić information content (AvgIpc) is 2.78. The number of likely N-dealkylation sites (tertiary alicyclic amines) is 1. The molecule has 0 unspecified atom stereocenters. The van der Waals surface area contributed by atoms with E-state index >= 15 is 0 Å². The first-order chi connectivity index (χ1) is 11.5. The van der Waals surface area contributed by atoms with E-state index in [4.69, 9.17) is 4.74 Å². The van der Waals surface area contributed by atoms with E-state index in [1.165, 1.54) is 30.4 Å². The zero-order chi connectivity index (χ0) is 17.2. The van der Waals surface area contributed by atoms with E-state index in [-0.39, 0.29) is 38.3 Å². The van der Waals surface area contributed by atoms with Crippen LogP contribution in [0.1, 0.15) is 48.8 Å². The first-order valence-corrected chi connectivity index (χ1v) is 8.83. The smallest absolute Gasteiger partial charge is 0.251 e. The Morgan fingerprint density at radius 1 is 1.12 bits per heavy atom. The highest BCUT2D eigenvalue weighted by atomic mass is 19.3. The number of amides is 1. The molecule has 1 fully saturated rings. The van der Waals surface area contributed by atoms with Gasteiger partial charge in [0.2, 0.25) is 5.91 Å². The molecule has 0 spiro atoms. The number of rotatable bonds is 3. The summed E-state index contributed by atoms with van der Waals surface area (Å²) in [5.41, 5.74) is 3.50. The van der Waals surface area contributed by atoms with Gasteiger partial charge < -0.3 is 9.64 Å². The topological polar surface area (TPSA) is 29.5 Å². The number of hydrogen-bond acceptors (Lipinski definition) is 2. The van der Waals surface area contributed by atoms with Crippen LogP contribution < -0.4 is 4.74 Å². The van der Waals surface area contributed by atoms with Gasteiger partial charge in [-0.2, -0.15) is 0 Å². The van der Waals surface area contributed by atoms with Gasteiger partial charge in [-0.05, 0) is 42.9 Å². The van der Waals surface area contributed by atoms with Crippen LogP contribution in [-0.2, 0) is 24.1 Å². The number of halogens is 2. The minimum Gasteiger partial charge on any atom is -0.496 e. The first kappa shape index (κ1) is 17.2.